The molecular formula is C16H12Cl2N2O. The van der Waals surface area contributed by atoms with Crippen molar-refractivity contribution in [1.29, 1.82) is 0 Å². The second-order valence-corrected chi connectivity index (χ2v) is 5.39. The lowest BCUT2D eigenvalue weighted by Gasteiger charge is -2.11. The van der Waals surface area contributed by atoms with E-state index in [9.17, 15) is 5.11 Å². The Labute approximate surface area is 132 Å². The van der Waals surface area contributed by atoms with Crippen molar-refractivity contribution < 1.29 is 5.11 Å². The Morgan fingerprint density at radius 3 is 2.67 bits per heavy atom. The SMILES string of the molecule is Oc1ccccc1Cn1ccnc1-c1cccc(Cl)c1Cl. The molecule has 3 rings (SSSR count). The molecule has 0 atom stereocenters. The lowest BCUT2D eigenvalue weighted by molar-refractivity contribution is 0.466. The first-order valence-electron chi connectivity index (χ1n) is 6.39. The molecule has 0 spiro atoms. The minimum Gasteiger partial charge on any atom is -0.508 e. The van der Waals surface area contributed by atoms with Crippen molar-refractivity contribution in [3.63, 3.8) is 0 Å². The van der Waals surface area contributed by atoms with Crippen molar-refractivity contribution in [2.45, 2.75) is 6.54 Å². The molecule has 106 valence electrons. The van der Waals surface area contributed by atoms with Crippen LogP contribution in [0.5, 0.6) is 5.75 Å². The number of aromatic nitrogens is 2. The number of phenols is 1. The molecule has 1 aromatic heterocycles. The van der Waals surface area contributed by atoms with Crippen molar-refractivity contribution in [1.82, 2.24) is 9.55 Å². The van der Waals surface area contributed by atoms with E-state index in [0.717, 1.165) is 11.1 Å². The second-order valence-electron chi connectivity index (χ2n) is 4.61. The summed E-state index contributed by atoms with van der Waals surface area (Å²) in [5.74, 6) is 0.972. The van der Waals surface area contributed by atoms with Gasteiger partial charge in [-0.1, -0.05) is 47.5 Å². The normalized spacial score (nSPS) is 10.8. The zero-order valence-electron chi connectivity index (χ0n) is 11.0. The summed E-state index contributed by atoms with van der Waals surface area (Å²) in [6.45, 7) is 0.505. The number of aromatic hydroxyl groups is 1. The van der Waals surface area contributed by atoms with Crippen molar-refractivity contribution in [3.05, 3.63) is 70.5 Å². The van der Waals surface area contributed by atoms with E-state index < -0.39 is 0 Å². The van der Waals surface area contributed by atoms with Gasteiger partial charge < -0.3 is 9.67 Å². The van der Waals surface area contributed by atoms with Crippen molar-refractivity contribution in [2.75, 3.05) is 0 Å². The summed E-state index contributed by atoms with van der Waals surface area (Å²) in [6.07, 6.45) is 3.55. The highest BCUT2D eigenvalue weighted by Crippen LogP contribution is 2.33. The second kappa shape index (κ2) is 5.80. The predicted molar refractivity (Wildman–Crippen MR) is 84.9 cm³/mol. The molecule has 0 aliphatic heterocycles. The lowest BCUT2D eigenvalue weighted by Crippen LogP contribution is -2.01. The molecule has 1 heterocycles. The maximum absolute atomic E-state index is 9.89. The molecule has 21 heavy (non-hydrogen) atoms. The third kappa shape index (κ3) is 2.75. The van der Waals surface area contributed by atoms with Crippen LogP contribution in [0.4, 0.5) is 0 Å². The van der Waals surface area contributed by atoms with Crippen LogP contribution in [0.3, 0.4) is 0 Å². The highest BCUT2D eigenvalue weighted by Gasteiger charge is 2.13. The van der Waals surface area contributed by atoms with Crippen molar-refractivity contribution >= 4 is 23.2 Å². The molecule has 3 aromatic rings. The van der Waals surface area contributed by atoms with E-state index in [-0.39, 0.29) is 5.75 Å². The van der Waals surface area contributed by atoms with Gasteiger partial charge in [0.1, 0.15) is 11.6 Å². The van der Waals surface area contributed by atoms with Crippen molar-refractivity contribution in [3.8, 4) is 17.1 Å². The molecule has 5 heteroatoms. The molecule has 0 aliphatic carbocycles. The summed E-state index contributed by atoms with van der Waals surface area (Å²) in [5.41, 5.74) is 1.58. The van der Waals surface area contributed by atoms with Gasteiger partial charge >= 0.3 is 0 Å². The number of hydrogen-bond acceptors (Lipinski definition) is 2. The summed E-state index contributed by atoms with van der Waals surface area (Å²) >= 11 is 12.3. The molecule has 3 nitrogen and oxygen atoms in total. The Morgan fingerprint density at radius 1 is 1.05 bits per heavy atom. The molecule has 0 saturated heterocycles. The van der Waals surface area contributed by atoms with Crippen LogP contribution in [0, 0.1) is 0 Å². The summed E-state index contributed by atoms with van der Waals surface area (Å²) in [5, 5.41) is 10.9. The Kier molecular flexibility index (Phi) is 3.86. The quantitative estimate of drug-likeness (QED) is 0.765. The first kappa shape index (κ1) is 14.0. The fourth-order valence-electron chi connectivity index (χ4n) is 2.19. The minimum atomic E-state index is 0.259. The number of para-hydroxylation sites is 1. The maximum Gasteiger partial charge on any atom is 0.141 e. The summed E-state index contributed by atoms with van der Waals surface area (Å²) < 4.78 is 1.92. The lowest BCUT2D eigenvalue weighted by atomic mass is 10.2. The number of hydrogen-bond donors (Lipinski definition) is 1. The van der Waals surface area contributed by atoms with Crippen LogP contribution >= 0.6 is 23.2 Å². The van der Waals surface area contributed by atoms with Crippen LogP contribution in [0.1, 0.15) is 5.56 Å². The van der Waals surface area contributed by atoms with E-state index in [1.165, 1.54) is 0 Å². The zero-order valence-corrected chi connectivity index (χ0v) is 12.5. The number of imidazole rings is 1. The highest BCUT2D eigenvalue weighted by atomic mass is 35.5. The summed E-state index contributed by atoms with van der Waals surface area (Å²) in [6, 6.07) is 12.7. The summed E-state index contributed by atoms with van der Waals surface area (Å²) in [7, 11) is 0. The largest absolute Gasteiger partial charge is 0.508 e. The van der Waals surface area contributed by atoms with Crippen LogP contribution in [0.2, 0.25) is 10.0 Å². The topological polar surface area (TPSA) is 38.0 Å². The molecule has 0 unspecified atom stereocenters. The van der Waals surface area contributed by atoms with E-state index in [4.69, 9.17) is 23.2 Å². The molecule has 0 saturated carbocycles. The fourth-order valence-corrected chi connectivity index (χ4v) is 2.57. The predicted octanol–water partition coefficient (Wildman–Crippen LogP) is 4.61. The monoisotopic (exact) mass is 318 g/mol. The van der Waals surface area contributed by atoms with Gasteiger partial charge in [-0.25, -0.2) is 4.98 Å². The number of rotatable bonds is 3. The third-order valence-corrected chi connectivity index (χ3v) is 4.06. The first-order valence-corrected chi connectivity index (χ1v) is 7.15. The zero-order chi connectivity index (χ0) is 14.8. The van der Waals surface area contributed by atoms with Gasteiger partial charge in [0.25, 0.3) is 0 Å². The fraction of sp³-hybridized carbons (Fsp3) is 0.0625. The molecule has 1 N–H and O–H groups in total. The minimum absolute atomic E-state index is 0.259. The number of benzene rings is 2. The van der Waals surface area contributed by atoms with Gasteiger partial charge in [-0.05, 0) is 18.2 Å². The van der Waals surface area contributed by atoms with Crippen LogP contribution in [-0.4, -0.2) is 14.7 Å². The average molecular weight is 319 g/mol. The maximum atomic E-state index is 9.89. The van der Waals surface area contributed by atoms with Gasteiger partial charge in [0.15, 0.2) is 0 Å². The van der Waals surface area contributed by atoms with E-state index in [1.54, 1.807) is 24.4 Å². The van der Waals surface area contributed by atoms with E-state index in [0.29, 0.717) is 22.4 Å². The number of nitrogens with zero attached hydrogens (tertiary/aromatic N) is 2. The van der Waals surface area contributed by atoms with Gasteiger partial charge in [0.2, 0.25) is 0 Å². The molecule has 0 radical (unpaired) electrons. The van der Waals surface area contributed by atoms with Gasteiger partial charge in [-0.3, -0.25) is 0 Å². The Bertz CT molecular complexity index is 783. The average Bonchev–Trinajstić information content (AvgIpc) is 2.92. The Hall–Kier alpha value is -1.97. The van der Waals surface area contributed by atoms with Gasteiger partial charge in [-0.15, -0.1) is 0 Å². The molecule has 0 fully saturated rings. The number of phenolic OH excluding ortho intramolecular Hbond substituents is 1. The number of halogens is 2. The molecule has 2 aromatic carbocycles. The van der Waals surface area contributed by atoms with Crippen LogP contribution in [0.25, 0.3) is 11.4 Å². The van der Waals surface area contributed by atoms with Gasteiger partial charge in [0, 0.05) is 23.5 Å². The van der Waals surface area contributed by atoms with Gasteiger partial charge in [0.05, 0.1) is 16.6 Å². The van der Waals surface area contributed by atoms with Gasteiger partial charge in [-0.2, -0.15) is 0 Å². The van der Waals surface area contributed by atoms with Crippen LogP contribution in [-0.2, 0) is 6.54 Å². The molecular weight excluding hydrogens is 307 g/mol. The molecule has 0 aliphatic rings. The highest BCUT2D eigenvalue weighted by molar-refractivity contribution is 6.43. The van der Waals surface area contributed by atoms with E-state index in [2.05, 4.69) is 4.98 Å². The smallest absolute Gasteiger partial charge is 0.141 e. The Morgan fingerprint density at radius 2 is 1.86 bits per heavy atom. The third-order valence-electron chi connectivity index (χ3n) is 3.24. The van der Waals surface area contributed by atoms with Crippen LogP contribution in [0.15, 0.2) is 54.9 Å². The standard InChI is InChI=1S/C16H12Cl2N2O/c17-13-6-3-5-12(15(13)18)16-19-8-9-20(16)10-11-4-1-2-7-14(11)21/h1-9,21H,10H2. The Balaban J connectivity index is 2.02. The molecule has 0 bridgehead atoms. The molecule has 0 amide bonds. The first-order chi connectivity index (χ1) is 10.2. The van der Waals surface area contributed by atoms with E-state index >= 15 is 0 Å². The van der Waals surface area contributed by atoms with Crippen LogP contribution < -0.4 is 0 Å². The van der Waals surface area contributed by atoms with E-state index in [1.807, 2.05) is 35.0 Å². The summed E-state index contributed by atoms with van der Waals surface area (Å²) in [4.78, 5) is 4.35. The van der Waals surface area contributed by atoms with Crippen molar-refractivity contribution in [2.24, 2.45) is 0 Å².